The van der Waals surface area contributed by atoms with Gasteiger partial charge in [0, 0.05) is 17.5 Å². The minimum absolute atomic E-state index is 0.154. The fourth-order valence-electron chi connectivity index (χ4n) is 3.00. The first-order valence-electron chi connectivity index (χ1n) is 7.96. The van der Waals surface area contributed by atoms with Crippen LogP contribution in [0, 0.1) is 12.7 Å². The van der Waals surface area contributed by atoms with Crippen molar-refractivity contribution < 1.29 is 9.13 Å². The topological polar surface area (TPSA) is 61.4 Å². The van der Waals surface area contributed by atoms with Crippen molar-refractivity contribution in [3.05, 3.63) is 76.9 Å². The molecule has 0 spiro atoms. The van der Waals surface area contributed by atoms with Gasteiger partial charge < -0.3 is 4.74 Å². The molecular formula is C19H15FN4O2. The van der Waals surface area contributed by atoms with Crippen LogP contribution >= 0.6 is 0 Å². The molecule has 4 rings (SSSR count). The zero-order chi connectivity index (χ0) is 18.3. The second-order valence-corrected chi connectivity index (χ2v) is 5.78. The maximum absolute atomic E-state index is 13.7. The van der Waals surface area contributed by atoms with Crippen molar-refractivity contribution in [3.8, 4) is 22.7 Å². The molecule has 4 aromatic rings. The summed E-state index contributed by atoms with van der Waals surface area (Å²) < 4.78 is 21.6. The zero-order valence-corrected chi connectivity index (χ0v) is 14.2. The summed E-state index contributed by atoms with van der Waals surface area (Å²) in [6, 6.07) is 11.7. The number of fused-ring (bicyclic) bond motifs is 1. The third-order valence-electron chi connectivity index (χ3n) is 4.28. The number of aromatic nitrogens is 4. The lowest BCUT2D eigenvalue weighted by molar-refractivity contribution is 0.387. The van der Waals surface area contributed by atoms with Crippen molar-refractivity contribution in [2.45, 2.75) is 6.92 Å². The van der Waals surface area contributed by atoms with E-state index in [2.05, 4.69) is 10.1 Å². The predicted molar refractivity (Wildman–Crippen MR) is 95.3 cm³/mol. The lowest BCUT2D eigenvalue weighted by Gasteiger charge is -2.06. The van der Waals surface area contributed by atoms with E-state index in [1.54, 1.807) is 47.1 Å². The van der Waals surface area contributed by atoms with Gasteiger partial charge in [-0.3, -0.25) is 4.40 Å². The van der Waals surface area contributed by atoms with E-state index in [4.69, 9.17) is 4.74 Å². The molecule has 0 saturated heterocycles. The molecule has 0 radical (unpaired) electrons. The summed E-state index contributed by atoms with van der Waals surface area (Å²) in [5.74, 6) is 0.163. The van der Waals surface area contributed by atoms with E-state index in [0.29, 0.717) is 11.3 Å². The number of hydrogen-bond donors (Lipinski definition) is 0. The molecule has 0 unspecified atom stereocenters. The van der Waals surface area contributed by atoms with Crippen molar-refractivity contribution in [3.63, 3.8) is 0 Å². The molecule has 0 amide bonds. The summed E-state index contributed by atoms with van der Waals surface area (Å²) in [4.78, 5) is 17.1. The number of pyridine rings is 1. The third kappa shape index (κ3) is 2.45. The first-order valence-corrected chi connectivity index (χ1v) is 7.96. The third-order valence-corrected chi connectivity index (χ3v) is 4.28. The van der Waals surface area contributed by atoms with E-state index >= 15 is 0 Å². The monoisotopic (exact) mass is 350 g/mol. The predicted octanol–water partition coefficient (Wildman–Crippen LogP) is 3.00. The lowest BCUT2D eigenvalue weighted by atomic mass is 10.1. The highest BCUT2D eigenvalue weighted by Gasteiger charge is 2.15. The van der Waals surface area contributed by atoms with E-state index in [1.807, 2.05) is 13.0 Å². The summed E-state index contributed by atoms with van der Waals surface area (Å²) >= 11 is 0. The molecule has 130 valence electrons. The number of ether oxygens (including phenoxy) is 1. The number of hydrogen-bond acceptors (Lipinski definition) is 4. The summed E-state index contributed by atoms with van der Waals surface area (Å²) in [5, 5.41) is 4.21. The second kappa shape index (κ2) is 6.11. The highest BCUT2D eigenvalue weighted by molar-refractivity contribution is 5.74. The highest BCUT2D eigenvalue weighted by atomic mass is 19.1. The van der Waals surface area contributed by atoms with Gasteiger partial charge in [-0.1, -0.05) is 12.1 Å². The van der Waals surface area contributed by atoms with Crippen LogP contribution in [0.15, 0.2) is 59.7 Å². The number of benzene rings is 1. The average molecular weight is 350 g/mol. The molecule has 0 fully saturated rings. The van der Waals surface area contributed by atoms with Gasteiger partial charge in [0.1, 0.15) is 0 Å². The average Bonchev–Trinajstić information content (AvgIpc) is 3.00. The quantitative estimate of drug-likeness (QED) is 0.570. The molecule has 26 heavy (non-hydrogen) atoms. The van der Waals surface area contributed by atoms with Crippen LogP contribution in [0.4, 0.5) is 4.39 Å². The minimum atomic E-state index is -0.433. The Labute approximate surface area is 148 Å². The molecule has 0 atom stereocenters. The first kappa shape index (κ1) is 16.0. The Hall–Kier alpha value is -3.48. The van der Waals surface area contributed by atoms with E-state index in [1.165, 1.54) is 17.9 Å². The Morgan fingerprint density at radius 3 is 2.73 bits per heavy atom. The Kier molecular flexibility index (Phi) is 3.76. The smallest absolute Gasteiger partial charge is 0.355 e. The Morgan fingerprint density at radius 2 is 2.00 bits per heavy atom. The Bertz CT molecular complexity index is 1170. The zero-order valence-electron chi connectivity index (χ0n) is 14.2. The molecule has 0 aliphatic rings. The summed E-state index contributed by atoms with van der Waals surface area (Å²) in [6.45, 7) is 1.84. The molecule has 0 aliphatic heterocycles. The van der Waals surface area contributed by atoms with E-state index in [0.717, 1.165) is 16.8 Å². The van der Waals surface area contributed by atoms with Gasteiger partial charge in [0.2, 0.25) is 0 Å². The van der Waals surface area contributed by atoms with Gasteiger partial charge >= 0.3 is 5.69 Å². The van der Waals surface area contributed by atoms with Gasteiger partial charge in [-0.15, -0.1) is 0 Å². The SMILES string of the molecule is COc1cc(-c2cc3cnn(-c4ccccn4)c(=O)n3c2C)ccc1F. The Morgan fingerprint density at radius 1 is 1.15 bits per heavy atom. The standard InChI is InChI=1S/C19H15FN4O2/c1-12-15(13-6-7-16(20)17(9-13)26-2)10-14-11-22-24(19(25)23(12)14)18-5-3-4-8-21-18/h3-11H,1-2H3. The van der Waals surface area contributed by atoms with E-state index in [9.17, 15) is 9.18 Å². The lowest BCUT2D eigenvalue weighted by Crippen LogP contribution is -2.28. The van der Waals surface area contributed by atoms with Crippen LogP contribution in [0.5, 0.6) is 5.75 Å². The molecule has 3 heterocycles. The van der Waals surface area contributed by atoms with Crippen LogP contribution in [-0.4, -0.2) is 26.3 Å². The molecule has 0 aliphatic carbocycles. The molecule has 3 aromatic heterocycles. The summed E-state index contributed by atoms with van der Waals surface area (Å²) in [6.07, 6.45) is 3.21. The summed E-state index contributed by atoms with van der Waals surface area (Å²) in [5.41, 5.74) is 2.62. The maximum Gasteiger partial charge on any atom is 0.355 e. The molecule has 0 saturated carbocycles. The first-order chi connectivity index (χ1) is 12.6. The van der Waals surface area contributed by atoms with E-state index < -0.39 is 5.82 Å². The van der Waals surface area contributed by atoms with Crippen molar-refractivity contribution in [2.75, 3.05) is 7.11 Å². The second-order valence-electron chi connectivity index (χ2n) is 5.78. The number of methoxy groups -OCH3 is 1. The fraction of sp³-hybridized carbons (Fsp3) is 0.105. The highest BCUT2D eigenvalue weighted by Crippen LogP contribution is 2.30. The number of rotatable bonds is 3. The number of aryl methyl sites for hydroxylation is 1. The molecule has 7 heteroatoms. The van der Waals surface area contributed by atoms with Gasteiger partial charge in [-0.05, 0) is 42.8 Å². The van der Waals surface area contributed by atoms with Gasteiger partial charge in [0.25, 0.3) is 0 Å². The van der Waals surface area contributed by atoms with Crippen LogP contribution in [-0.2, 0) is 0 Å². The van der Waals surface area contributed by atoms with Crippen molar-refractivity contribution >= 4 is 5.52 Å². The molecular weight excluding hydrogens is 335 g/mol. The van der Waals surface area contributed by atoms with Crippen LogP contribution in [0.25, 0.3) is 22.5 Å². The van der Waals surface area contributed by atoms with Crippen molar-refractivity contribution in [1.29, 1.82) is 0 Å². The van der Waals surface area contributed by atoms with Gasteiger partial charge in [-0.2, -0.15) is 9.78 Å². The largest absolute Gasteiger partial charge is 0.494 e. The van der Waals surface area contributed by atoms with Crippen molar-refractivity contribution in [2.24, 2.45) is 0 Å². The van der Waals surface area contributed by atoms with Crippen LogP contribution in [0.3, 0.4) is 0 Å². The number of nitrogens with zero attached hydrogens (tertiary/aromatic N) is 4. The van der Waals surface area contributed by atoms with Gasteiger partial charge in [0.05, 0.1) is 18.8 Å². The normalized spacial score (nSPS) is 11.0. The maximum atomic E-state index is 13.7. The van der Waals surface area contributed by atoms with Crippen molar-refractivity contribution in [1.82, 2.24) is 19.2 Å². The molecule has 0 bridgehead atoms. The van der Waals surface area contributed by atoms with E-state index in [-0.39, 0.29) is 11.4 Å². The fourth-order valence-corrected chi connectivity index (χ4v) is 3.00. The molecule has 1 aromatic carbocycles. The van der Waals surface area contributed by atoms with Gasteiger partial charge in [-0.25, -0.2) is 14.2 Å². The number of halogens is 1. The summed E-state index contributed by atoms with van der Waals surface area (Å²) in [7, 11) is 1.42. The van der Waals surface area contributed by atoms with Crippen LogP contribution in [0.2, 0.25) is 0 Å². The van der Waals surface area contributed by atoms with Gasteiger partial charge in [0.15, 0.2) is 17.4 Å². The van der Waals surface area contributed by atoms with Crippen LogP contribution < -0.4 is 10.4 Å². The Balaban J connectivity index is 1.93. The van der Waals surface area contributed by atoms with Crippen LogP contribution in [0.1, 0.15) is 5.69 Å². The minimum Gasteiger partial charge on any atom is -0.494 e. The molecule has 6 nitrogen and oxygen atoms in total. The molecule has 0 N–H and O–H groups in total.